The third-order valence-electron chi connectivity index (χ3n) is 3.54. The standard InChI is InChI=1S/C16H15BrClN3/c1-9-4-5-12(8-13(9)17)21-15(11(3)18)20-14-10(2)6-7-19-16(14)21/h4-8,11H,1-3H3. The quantitative estimate of drug-likeness (QED) is 0.592. The van der Waals surface area contributed by atoms with E-state index in [1.165, 1.54) is 5.56 Å². The maximum Gasteiger partial charge on any atom is 0.164 e. The molecule has 0 N–H and O–H groups in total. The number of nitrogens with zero attached hydrogens (tertiary/aromatic N) is 3. The number of aryl methyl sites for hydroxylation is 2. The zero-order chi connectivity index (χ0) is 15.1. The second-order valence-corrected chi connectivity index (χ2v) is 6.66. The summed E-state index contributed by atoms with van der Waals surface area (Å²) in [6, 6.07) is 8.17. The van der Waals surface area contributed by atoms with Gasteiger partial charge < -0.3 is 0 Å². The number of alkyl halides is 1. The number of benzene rings is 1. The summed E-state index contributed by atoms with van der Waals surface area (Å²) >= 11 is 9.91. The Balaban J connectivity index is 2.36. The van der Waals surface area contributed by atoms with E-state index >= 15 is 0 Å². The van der Waals surface area contributed by atoms with Gasteiger partial charge in [0.05, 0.1) is 11.1 Å². The second-order valence-electron chi connectivity index (χ2n) is 5.15. The van der Waals surface area contributed by atoms with Gasteiger partial charge in [0, 0.05) is 10.7 Å². The molecule has 2 heterocycles. The predicted octanol–water partition coefficient (Wildman–Crippen LogP) is 5.10. The first-order chi connectivity index (χ1) is 9.99. The molecule has 0 fully saturated rings. The second kappa shape index (κ2) is 5.43. The summed E-state index contributed by atoms with van der Waals surface area (Å²) in [5.74, 6) is 0.809. The van der Waals surface area contributed by atoms with Crippen LogP contribution < -0.4 is 0 Å². The lowest BCUT2D eigenvalue weighted by Gasteiger charge is -2.11. The van der Waals surface area contributed by atoms with E-state index in [1.807, 2.05) is 30.7 Å². The summed E-state index contributed by atoms with van der Waals surface area (Å²) < 4.78 is 3.09. The molecule has 3 nitrogen and oxygen atoms in total. The lowest BCUT2D eigenvalue weighted by molar-refractivity contribution is 0.876. The molecule has 0 radical (unpaired) electrons. The number of halogens is 2. The van der Waals surface area contributed by atoms with E-state index in [0.717, 1.165) is 32.7 Å². The topological polar surface area (TPSA) is 30.7 Å². The molecule has 1 unspecified atom stereocenters. The molecular formula is C16H15BrClN3. The number of hydrogen-bond acceptors (Lipinski definition) is 2. The van der Waals surface area contributed by atoms with Crippen molar-refractivity contribution < 1.29 is 0 Å². The van der Waals surface area contributed by atoms with Crippen LogP contribution >= 0.6 is 27.5 Å². The summed E-state index contributed by atoms with van der Waals surface area (Å²) in [6.45, 7) is 6.03. The first-order valence-electron chi connectivity index (χ1n) is 6.73. The van der Waals surface area contributed by atoms with Gasteiger partial charge in [-0.05, 0) is 50.1 Å². The molecule has 0 aliphatic rings. The highest BCUT2D eigenvalue weighted by atomic mass is 79.9. The summed E-state index contributed by atoms with van der Waals surface area (Å²) in [4.78, 5) is 9.19. The Hall–Kier alpha value is -1.39. The van der Waals surface area contributed by atoms with Gasteiger partial charge in [0.15, 0.2) is 5.65 Å². The summed E-state index contributed by atoms with van der Waals surface area (Å²) in [6.07, 6.45) is 1.81. The van der Waals surface area contributed by atoms with E-state index in [-0.39, 0.29) is 5.38 Å². The average molecular weight is 365 g/mol. The van der Waals surface area contributed by atoms with Crippen LogP contribution in [0, 0.1) is 13.8 Å². The zero-order valence-corrected chi connectivity index (χ0v) is 14.4. The van der Waals surface area contributed by atoms with E-state index in [2.05, 4.69) is 46.0 Å². The van der Waals surface area contributed by atoms with Gasteiger partial charge in [0.25, 0.3) is 0 Å². The van der Waals surface area contributed by atoms with Crippen LogP contribution in [-0.4, -0.2) is 14.5 Å². The number of imidazole rings is 1. The highest BCUT2D eigenvalue weighted by Gasteiger charge is 2.18. The highest BCUT2D eigenvalue weighted by molar-refractivity contribution is 9.10. The van der Waals surface area contributed by atoms with E-state index in [9.17, 15) is 0 Å². The molecule has 3 aromatic rings. The fourth-order valence-corrected chi connectivity index (χ4v) is 2.87. The van der Waals surface area contributed by atoms with Crippen LogP contribution in [0.3, 0.4) is 0 Å². The van der Waals surface area contributed by atoms with Gasteiger partial charge in [-0.1, -0.05) is 22.0 Å². The summed E-state index contributed by atoms with van der Waals surface area (Å²) in [7, 11) is 0. The van der Waals surface area contributed by atoms with Crippen LogP contribution in [-0.2, 0) is 0 Å². The van der Waals surface area contributed by atoms with Crippen molar-refractivity contribution in [3.8, 4) is 5.69 Å². The maximum atomic E-state index is 6.33. The molecule has 108 valence electrons. The normalized spacial score (nSPS) is 12.8. The van der Waals surface area contributed by atoms with Crippen molar-refractivity contribution in [2.75, 3.05) is 0 Å². The molecule has 5 heteroatoms. The molecule has 0 spiro atoms. The molecule has 21 heavy (non-hydrogen) atoms. The maximum absolute atomic E-state index is 6.33. The minimum absolute atomic E-state index is 0.196. The lowest BCUT2D eigenvalue weighted by Crippen LogP contribution is -2.03. The van der Waals surface area contributed by atoms with Crippen molar-refractivity contribution in [1.29, 1.82) is 0 Å². The number of fused-ring (bicyclic) bond motifs is 1. The number of hydrogen-bond donors (Lipinski definition) is 0. The Morgan fingerprint density at radius 2 is 1.95 bits per heavy atom. The molecular weight excluding hydrogens is 350 g/mol. The Labute approximate surface area is 137 Å². The van der Waals surface area contributed by atoms with E-state index < -0.39 is 0 Å². The molecule has 1 atom stereocenters. The predicted molar refractivity (Wildman–Crippen MR) is 90.3 cm³/mol. The summed E-state index contributed by atoms with van der Waals surface area (Å²) in [5, 5.41) is -0.196. The summed E-state index contributed by atoms with van der Waals surface area (Å²) in [5.41, 5.74) is 5.04. The van der Waals surface area contributed by atoms with E-state index in [1.54, 1.807) is 0 Å². The van der Waals surface area contributed by atoms with Gasteiger partial charge in [0.1, 0.15) is 11.3 Å². The van der Waals surface area contributed by atoms with Gasteiger partial charge in [-0.15, -0.1) is 11.6 Å². The smallest absolute Gasteiger partial charge is 0.164 e. The first-order valence-corrected chi connectivity index (χ1v) is 7.96. The van der Waals surface area contributed by atoms with Gasteiger partial charge >= 0.3 is 0 Å². The SMILES string of the molecule is Cc1ccc(-n2c(C(C)Cl)nc3c(C)ccnc32)cc1Br. The van der Waals surface area contributed by atoms with Gasteiger partial charge in [-0.2, -0.15) is 0 Å². The van der Waals surface area contributed by atoms with Crippen LogP contribution in [0.2, 0.25) is 0 Å². The molecule has 0 aliphatic heterocycles. The van der Waals surface area contributed by atoms with Crippen LogP contribution in [0.4, 0.5) is 0 Å². The third-order valence-corrected chi connectivity index (χ3v) is 4.59. The molecule has 1 aromatic carbocycles. The van der Waals surface area contributed by atoms with Gasteiger partial charge in [-0.3, -0.25) is 4.57 Å². The van der Waals surface area contributed by atoms with Crippen molar-refractivity contribution in [1.82, 2.24) is 14.5 Å². The minimum atomic E-state index is -0.196. The zero-order valence-electron chi connectivity index (χ0n) is 12.1. The average Bonchev–Trinajstić information content (AvgIpc) is 2.83. The Kier molecular flexibility index (Phi) is 3.76. The number of pyridine rings is 1. The Morgan fingerprint density at radius 3 is 2.62 bits per heavy atom. The van der Waals surface area contributed by atoms with Gasteiger partial charge in [0.2, 0.25) is 0 Å². The largest absolute Gasteiger partial charge is 0.279 e. The van der Waals surface area contributed by atoms with Crippen molar-refractivity contribution in [2.45, 2.75) is 26.1 Å². The molecule has 0 saturated carbocycles. The molecule has 0 saturated heterocycles. The lowest BCUT2D eigenvalue weighted by atomic mass is 10.2. The molecule has 0 bridgehead atoms. The van der Waals surface area contributed by atoms with E-state index in [4.69, 9.17) is 16.6 Å². The molecule has 0 amide bonds. The van der Waals surface area contributed by atoms with Crippen molar-refractivity contribution >= 4 is 38.7 Å². The number of aromatic nitrogens is 3. The van der Waals surface area contributed by atoms with Crippen LogP contribution in [0.5, 0.6) is 0 Å². The van der Waals surface area contributed by atoms with E-state index in [0.29, 0.717) is 0 Å². The van der Waals surface area contributed by atoms with Crippen molar-refractivity contribution in [2.24, 2.45) is 0 Å². The van der Waals surface area contributed by atoms with Crippen LogP contribution in [0.15, 0.2) is 34.9 Å². The van der Waals surface area contributed by atoms with Crippen LogP contribution in [0.1, 0.15) is 29.3 Å². The Bertz CT molecular complexity index is 824. The van der Waals surface area contributed by atoms with Crippen molar-refractivity contribution in [3.05, 3.63) is 51.9 Å². The van der Waals surface area contributed by atoms with Gasteiger partial charge in [-0.25, -0.2) is 9.97 Å². The fraction of sp³-hybridized carbons (Fsp3) is 0.250. The molecule has 2 aromatic heterocycles. The fourth-order valence-electron chi connectivity index (χ4n) is 2.35. The molecule has 0 aliphatic carbocycles. The first kappa shape index (κ1) is 14.5. The number of rotatable bonds is 2. The highest BCUT2D eigenvalue weighted by Crippen LogP contribution is 2.30. The minimum Gasteiger partial charge on any atom is -0.279 e. The third kappa shape index (κ3) is 2.47. The Morgan fingerprint density at radius 1 is 1.19 bits per heavy atom. The van der Waals surface area contributed by atoms with Crippen molar-refractivity contribution in [3.63, 3.8) is 0 Å². The van der Waals surface area contributed by atoms with Crippen LogP contribution in [0.25, 0.3) is 16.9 Å². The molecule has 3 rings (SSSR count). The monoisotopic (exact) mass is 363 g/mol.